The number of amides is 2. The van der Waals surface area contributed by atoms with E-state index in [1.165, 1.54) is 0 Å². The molecular weight excluding hydrogens is 135 g/mol. The fourth-order valence-electron chi connectivity index (χ4n) is 0.352. The van der Waals surface area contributed by atoms with Gasteiger partial charge in [-0.1, -0.05) is 0 Å². The van der Waals surface area contributed by atoms with Crippen molar-refractivity contribution >= 4 is 13.3 Å². The molecule has 4 heteroatoms. The molecular formula is C5H15N2OP. The summed E-state index contributed by atoms with van der Waals surface area (Å²) in [6.07, 6.45) is 0.766. The Morgan fingerprint density at radius 3 is 2.11 bits per heavy atom. The predicted molar refractivity (Wildman–Crippen MR) is 43.7 cm³/mol. The molecule has 0 heterocycles. The van der Waals surface area contributed by atoms with Gasteiger partial charge in [-0.05, 0) is 0 Å². The number of nitrogens with two attached hydrogens (primary N) is 1. The summed E-state index contributed by atoms with van der Waals surface area (Å²) in [4.78, 5) is 10.2. The van der Waals surface area contributed by atoms with E-state index in [9.17, 15) is 4.79 Å². The van der Waals surface area contributed by atoms with Gasteiger partial charge >= 0.3 is 55.4 Å². The molecule has 9 heavy (non-hydrogen) atoms. The second-order valence-corrected chi connectivity index (χ2v) is 8.75. The van der Waals surface area contributed by atoms with Gasteiger partial charge in [-0.15, -0.1) is 0 Å². The number of hydrogen-bond donors (Lipinski definition) is 2. The normalized spacial score (nSPS) is 12.8. The molecule has 0 aromatic carbocycles. The van der Waals surface area contributed by atoms with Gasteiger partial charge in [0.1, 0.15) is 0 Å². The molecule has 56 valence electrons. The summed E-state index contributed by atoms with van der Waals surface area (Å²) in [6.45, 7) is 6.51. The van der Waals surface area contributed by atoms with Crippen LogP contribution in [0.1, 0.15) is 0 Å². The Kier molecular flexibility index (Phi) is 2.92. The number of primary amides is 1. The number of rotatable bonds is 2. The minimum atomic E-state index is -1.13. The number of carbonyl (C=O) groups is 1. The molecule has 0 spiro atoms. The second kappa shape index (κ2) is 3.02. The van der Waals surface area contributed by atoms with E-state index in [2.05, 4.69) is 25.3 Å². The number of nitrogens with one attached hydrogen (secondary N) is 1. The summed E-state index contributed by atoms with van der Waals surface area (Å²) in [5.41, 5.74) is 4.87. The summed E-state index contributed by atoms with van der Waals surface area (Å²) >= 11 is 0. The molecule has 0 aliphatic carbocycles. The molecule has 0 aliphatic heterocycles. The number of hydrogen-bond acceptors (Lipinski definition) is 1. The van der Waals surface area contributed by atoms with Crippen LogP contribution < -0.4 is 11.1 Å². The molecule has 0 aromatic heterocycles. The van der Waals surface area contributed by atoms with Crippen LogP contribution in [0.25, 0.3) is 0 Å². The third kappa shape index (κ3) is 7.70. The van der Waals surface area contributed by atoms with Gasteiger partial charge in [0.2, 0.25) is 0 Å². The van der Waals surface area contributed by atoms with Crippen molar-refractivity contribution in [1.29, 1.82) is 0 Å². The van der Waals surface area contributed by atoms with E-state index in [1.807, 2.05) is 0 Å². The summed E-state index contributed by atoms with van der Waals surface area (Å²) < 4.78 is 0. The van der Waals surface area contributed by atoms with Crippen molar-refractivity contribution in [2.24, 2.45) is 5.73 Å². The van der Waals surface area contributed by atoms with Crippen LogP contribution in [0, 0.1) is 0 Å². The topological polar surface area (TPSA) is 55.1 Å². The van der Waals surface area contributed by atoms with Crippen LogP contribution in [0.3, 0.4) is 0 Å². The number of carbonyl (C=O) groups excluding carboxylic acids is 1. The molecule has 2 amide bonds. The summed E-state index contributed by atoms with van der Waals surface area (Å²) in [6, 6.07) is -0.419. The van der Waals surface area contributed by atoms with Crippen LogP contribution in [-0.2, 0) is 0 Å². The zero-order chi connectivity index (χ0) is 7.49. The van der Waals surface area contributed by atoms with Crippen LogP contribution in [0.4, 0.5) is 4.79 Å². The first-order valence-electron chi connectivity index (χ1n) is 2.95. The summed E-state index contributed by atoms with van der Waals surface area (Å²) in [5.74, 6) is 0. The van der Waals surface area contributed by atoms with Gasteiger partial charge in [-0.2, -0.15) is 0 Å². The average molecular weight is 150 g/mol. The quantitative estimate of drug-likeness (QED) is 0.545. The Morgan fingerprint density at radius 1 is 1.56 bits per heavy atom. The van der Waals surface area contributed by atoms with E-state index in [-0.39, 0.29) is 0 Å². The average Bonchev–Trinajstić information content (AvgIpc) is 1.59. The molecule has 0 saturated heterocycles. The first-order valence-corrected chi connectivity index (χ1v) is 6.66. The molecule has 3 N–H and O–H groups in total. The Hall–Kier alpha value is -0.300. The fourth-order valence-corrected chi connectivity index (χ4v) is 1.06. The van der Waals surface area contributed by atoms with Gasteiger partial charge in [0.25, 0.3) is 0 Å². The fraction of sp³-hybridized carbons (Fsp3) is 0.800. The van der Waals surface area contributed by atoms with Crippen LogP contribution >= 0.6 is 7.26 Å². The zero-order valence-corrected chi connectivity index (χ0v) is 7.19. The molecule has 0 fully saturated rings. The van der Waals surface area contributed by atoms with E-state index >= 15 is 0 Å². The Morgan fingerprint density at radius 2 is 2.00 bits per heavy atom. The van der Waals surface area contributed by atoms with Gasteiger partial charge in [0, 0.05) is 0 Å². The van der Waals surface area contributed by atoms with Crippen LogP contribution in [0.15, 0.2) is 0 Å². The molecule has 0 bridgehead atoms. The summed E-state index contributed by atoms with van der Waals surface area (Å²) in [5, 5.41) is 2.59. The number of urea groups is 1. The van der Waals surface area contributed by atoms with E-state index in [4.69, 9.17) is 5.73 Å². The Bertz CT molecular complexity index is 108. The van der Waals surface area contributed by atoms with E-state index < -0.39 is 13.3 Å². The van der Waals surface area contributed by atoms with Gasteiger partial charge in [0.15, 0.2) is 0 Å². The molecule has 0 atom stereocenters. The van der Waals surface area contributed by atoms with Crippen molar-refractivity contribution in [3.63, 3.8) is 0 Å². The van der Waals surface area contributed by atoms with E-state index in [0.717, 1.165) is 6.29 Å². The standard InChI is InChI=1S/C5H15N2OP/c1-9(2,3)4-7-5(6)8/h9H,4H2,1-3H3,(H3,6,7,8). The third-order valence-electron chi connectivity index (χ3n) is 0.793. The van der Waals surface area contributed by atoms with Crippen molar-refractivity contribution in [3.8, 4) is 0 Å². The van der Waals surface area contributed by atoms with Crippen LogP contribution in [0.2, 0.25) is 0 Å². The summed E-state index contributed by atoms with van der Waals surface area (Å²) in [7, 11) is -1.13. The van der Waals surface area contributed by atoms with E-state index in [1.54, 1.807) is 0 Å². The maximum absolute atomic E-state index is 10.2. The predicted octanol–water partition coefficient (Wildman–Crippen LogP) is 0.252. The molecule has 3 nitrogen and oxygen atoms in total. The molecule has 0 unspecified atom stereocenters. The third-order valence-corrected chi connectivity index (χ3v) is 2.03. The van der Waals surface area contributed by atoms with Crippen molar-refractivity contribution in [2.45, 2.75) is 0 Å². The molecule has 0 aromatic rings. The molecule has 0 radical (unpaired) electrons. The van der Waals surface area contributed by atoms with Gasteiger partial charge in [0.05, 0.1) is 0 Å². The second-order valence-electron chi connectivity index (χ2n) is 3.28. The van der Waals surface area contributed by atoms with Crippen molar-refractivity contribution in [1.82, 2.24) is 5.32 Å². The molecule has 0 aliphatic rings. The minimum absolute atomic E-state index is 0.419. The van der Waals surface area contributed by atoms with Crippen LogP contribution in [-0.4, -0.2) is 32.3 Å². The zero-order valence-electron chi connectivity index (χ0n) is 6.19. The van der Waals surface area contributed by atoms with E-state index in [0.29, 0.717) is 0 Å². The maximum atomic E-state index is 10.2. The Balaban J connectivity index is 3.39. The van der Waals surface area contributed by atoms with Crippen molar-refractivity contribution in [2.75, 3.05) is 26.3 Å². The monoisotopic (exact) mass is 150 g/mol. The van der Waals surface area contributed by atoms with Gasteiger partial charge in [-0.3, -0.25) is 0 Å². The van der Waals surface area contributed by atoms with Crippen LogP contribution in [0.5, 0.6) is 0 Å². The molecule has 0 saturated carbocycles. The molecule has 0 rings (SSSR count). The first kappa shape index (κ1) is 8.70. The SMILES string of the molecule is C[PH](C)(C)CNC(N)=O. The first-order chi connectivity index (χ1) is 3.92. The Labute approximate surface area is 56.3 Å². The van der Waals surface area contributed by atoms with Crippen molar-refractivity contribution < 1.29 is 4.79 Å². The van der Waals surface area contributed by atoms with Gasteiger partial charge < -0.3 is 0 Å². The van der Waals surface area contributed by atoms with Crippen molar-refractivity contribution in [3.05, 3.63) is 0 Å². The van der Waals surface area contributed by atoms with Gasteiger partial charge in [-0.25, -0.2) is 0 Å².